The fourth-order valence-corrected chi connectivity index (χ4v) is 3.93. The van der Waals surface area contributed by atoms with Crippen LogP contribution in [0.3, 0.4) is 0 Å². The Kier molecular flexibility index (Phi) is 4.07. The smallest absolute Gasteiger partial charge is 0.246 e. The van der Waals surface area contributed by atoms with Gasteiger partial charge in [-0.3, -0.25) is 4.79 Å². The number of hydrogen-bond acceptors (Lipinski definition) is 5. The fraction of sp³-hybridized carbons (Fsp3) is 0.333. The summed E-state index contributed by atoms with van der Waals surface area (Å²) in [6, 6.07) is 16.6. The molecule has 2 aromatic carbocycles. The number of carbonyl (C=O) groups excluding carboxylic acids is 1. The predicted molar refractivity (Wildman–Crippen MR) is 107 cm³/mol. The van der Waals surface area contributed by atoms with Gasteiger partial charge in [0.25, 0.3) is 0 Å². The molecule has 2 aliphatic rings. The summed E-state index contributed by atoms with van der Waals surface area (Å²) in [5.41, 5.74) is 4.10. The lowest BCUT2D eigenvalue weighted by molar-refractivity contribution is -0.117. The number of para-hydroxylation sites is 1. The van der Waals surface area contributed by atoms with Gasteiger partial charge >= 0.3 is 0 Å². The van der Waals surface area contributed by atoms with Crippen molar-refractivity contribution in [2.24, 2.45) is 0 Å². The normalized spacial score (nSPS) is 18.2. The summed E-state index contributed by atoms with van der Waals surface area (Å²) >= 11 is 0. The second-order valence-electron chi connectivity index (χ2n) is 7.56. The average Bonchev–Trinajstić information content (AvgIpc) is 3.33. The quantitative estimate of drug-likeness (QED) is 0.743. The molecule has 1 fully saturated rings. The monoisotopic (exact) mass is 374 g/mol. The van der Waals surface area contributed by atoms with Crippen molar-refractivity contribution in [2.45, 2.75) is 38.3 Å². The SMILES string of the molecule is C[C@@H]1Cc2ccccc2N1C(=O)CNc1cccc(-c2nnnn2C2CC2)c1. The molecule has 3 aromatic rings. The van der Waals surface area contributed by atoms with E-state index in [2.05, 4.69) is 33.8 Å². The number of carbonyl (C=O) groups is 1. The van der Waals surface area contributed by atoms with E-state index in [1.807, 2.05) is 52.0 Å². The van der Waals surface area contributed by atoms with E-state index in [4.69, 9.17) is 0 Å². The first-order valence-corrected chi connectivity index (χ1v) is 9.73. The molecular formula is C21H22N6O. The minimum atomic E-state index is 0.0747. The van der Waals surface area contributed by atoms with Crippen molar-refractivity contribution in [3.63, 3.8) is 0 Å². The zero-order valence-corrected chi connectivity index (χ0v) is 15.7. The van der Waals surface area contributed by atoms with E-state index in [0.717, 1.165) is 42.0 Å². The van der Waals surface area contributed by atoms with Crippen LogP contribution in [-0.2, 0) is 11.2 Å². The fourth-order valence-electron chi connectivity index (χ4n) is 3.93. The molecule has 142 valence electrons. The number of anilines is 2. The number of aromatic nitrogens is 4. The molecule has 2 heterocycles. The number of rotatable bonds is 5. The van der Waals surface area contributed by atoms with Gasteiger partial charge in [0.15, 0.2) is 5.82 Å². The summed E-state index contributed by atoms with van der Waals surface area (Å²) in [7, 11) is 0. The van der Waals surface area contributed by atoms with Gasteiger partial charge < -0.3 is 10.2 Å². The standard InChI is InChI=1S/C21H22N6O/c1-14-11-15-5-2-3-8-19(15)26(14)20(28)13-22-17-7-4-6-16(12-17)21-23-24-25-27(21)18-9-10-18/h2-8,12,14,18,22H,9-11,13H2,1H3/t14-/m1/s1. The maximum Gasteiger partial charge on any atom is 0.246 e. The summed E-state index contributed by atoms with van der Waals surface area (Å²) in [5, 5.41) is 15.4. The molecule has 0 bridgehead atoms. The second-order valence-corrected chi connectivity index (χ2v) is 7.56. The van der Waals surface area contributed by atoms with Gasteiger partial charge in [-0.2, -0.15) is 0 Å². The van der Waals surface area contributed by atoms with Crippen LogP contribution in [0.2, 0.25) is 0 Å². The van der Waals surface area contributed by atoms with Gasteiger partial charge in [0, 0.05) is 23.0 Å². The van der Waals surface area contributed by atoms with Crippen molar-refractivity contribution >= 4 is 17.3 Å². The highest BCUT2D eigenvalue weighted by Gasteiger charge is 2.30. The Hall–Kier alpha value is -3.22. The Bertz CT molecular complexity index is 1020. The van der Waals surface area contributed by atoms with Crippen molar-refractivity contribution < 1.29 is 4.79 Å². The molecule has 1 aliphatic carbocycles. The van der Waals surface area contributed by atoms with Gasteiger partial charge in [-0.25, -0.2) is 4.68 Å². The van der Waals surface area contributed by atoms with Gasteiger partial charge in [-0.15, -0.1) is 5.10 Å². The molecule has 7 heteroatoms. The number of benzene rings is 2. The zero-order chi connectivity index (χ0) is 19.1. The first-order valence-electron chi connectivity index (χ1n) is 9.73. The van der Waals surface area contributed by atoms with Crippen LogP contribution in [0.25, 0.3) is 11.4 Å². The first-order chi connectivity index (χ1) is 13.7. The van der Waals surface area contributed by atoms with E-state index in [1.54, 1.807) is 0 Å². The van der Waals surface area contributed by atoms with Crippen LogP contribution >= 0.6 is 0 Å². The summed E-state index contributed by atoms with van der Waals surface area (Å²) in [6.45, 7) is 2.34. The number of amides is 1. The largest absolute Gasteiger partial charge is 0.376 e. The van der Waals surface area contributed by atoms with Crippen LogP contribution in [0.15, 0.2) is 48.5 Å². The topological polar surface area (TPSA) is 75.9 Å². The minimum absolute atomic E-state index is 0.0747. The van der Waals surface area contributed by atoms with E-state index in [9.17, 15) is 4.79 Å². The molecule has 1 aromatic heterocycles. The molecule has 0 unspecified atom stereocenters. The van der Waals surface area contributed by atoms with Crippen molar-refractivity contribution in [3.05, 3.63) is 54.1 Å². The lowest BCUT2D eigenvalue weighted by Gasteiger charge is -2.23. The summed E-state index contributed by atoms with van der Waals surface area (Å²) in [4.78, 5) is 14.8. The van der Waals surface area contributed by atoms with Crippen molar-refractivity contribution in [1.82, 2.24) is 20.2 Å². The van der Waals surface area contributed by atoms with E-state index in [0.29, 0.717) is 6.04 Å². The van der Waals surface area contributed by atoms with E-state index >= 15 is 0 Å². The Balaban J connectivity index is 1.31. The Morgan fingerprint density at radius 2 is 2.04 bits per heavy atom. The minimum Gasteiger partial charge on any atom is -0.376 e. The Labute approximate surface area is 163 Å². The zero-order valence-electron chi connectivity index (χ0n) is 15.7. The van der Waals surface area contributed by atoms with Crippen molar-refractivity contribution in [1.29, 1.82) is 0 Å². The second kappa shape index (κ2) is 6.74. The van der Waals surface area contributed by atoms with E-state index < -0.39 is 0 Å². The molecule has 1 atom stereocenters. The molecule has 1 amide bonds. The Morgan fingerprint density at radius 1 is 1.18 bits per heavy atom. The van der Waals surface area contributed by atoms with Crippen LogP contribution < -0.4 is 10.2 Å². The third kappa shape index (κ3) is 3.02. The van der Waals surface area contributed by atoms with Gasteiger partial charge in [-0.1, -0.05) is 30.3 Å². The highest BCUT2D eigenvalue weighted by Crippen LogP contribution is 2.37. The lowest BCUT2D eigenvalue weighted by Crippen LogP contribution is -2.39. The van der Waals surface area contributed by atoms with E-state index in [-0.39, 0.29) is 18.5 Å². The highest BCUT2D eigenvalue weighted by atomic mass is 16.2. The lowest BCUT2D eigenvalue weighted by atomic mass is 10.1. The molecule has 1 saturated carbocycles. The van der Waals surface area contributed by atoms with Crippen LogP contribution in [0.4, 0.5) is 11.4 Å². The molecule has 7 nitrogen and oxygen atoms in total. The highest BCUT2D eigenvalue weighted by molar-refractivity contribution is 5.98. The number of nitrogens with zero attached hydrogens (tertiary/aromatic N) is 5. The molecule has 1 aliphatic heterocycles. The average molecular weight is 374 g/mol. The number of fused-ring (bicyclic) bond motifs is 1. The summed E-state index contributed by atoms with van der Waals surface area (Å²) < 4.78 is 1.90. The van der Waals surface area contributed by atoms with Gasteiger partial charge in [0.05, 0.1) is 12.6 Å². The number of nitrogens with one attached hydrogen (secondary N) is 1. The third-order valence-electron chi connectivity index (χ3n) is 5.43. The Morgan fingerprint density at radius 3 is 2.89 bits per heavy atom. The van der Waals surface area contributed by atoms with Crippen LogP contribution in [0.1, 0.15) is 31.4 Å². The molecule has 0 radical (unpaired) electrons. The van der Waals surface area contributed by atoms with Crippen molar-refractivity contribution in [2.75, 3.05) is 16.8 Å². The number of hydrogen-bond donors (Lipinski definition) is 1. The van der Waals surface area contributed by atoms with Crippen LogP contribution in [0, 0.1) is 0 Å². The predicted octanol–water partition coefficient (Wildman–Crippen LogP) is 3.06. The summed E-state index contributed by atoms with van der Waals surface area (Å²) in [5.74, 6) is 0.852. The summed E-state index contributed by atoms with van der Waals surface area (Å²) in [6.07, 6.45) is 3.15. The van der Waals surface area contributed by atoms with Gasteiger partial charge in [0.2, 0.25) is 5.91 Å². The maximum absolute atomic E-state index is 12.9. The van der Waals surface area contributed by atoms with Gasteiger partial charge in [0.1, 0.15) is 0 Å². The number of tetrazole rings is 1. The van der Waals surface area contributed by atoms with Crippen molar-refractivity contribution in [3.8, 4) is 11.4 Å². The first kappa shape index (κ1) is 16.9. The molecular weight excluding hydrogens is 352 g/mol. The molecule has 28 heavy (non-hydrogen) atoms. The van der Waals surface area contributed by atoms with Gasteiger partial charge in [-0.05, 0) is 60.4 Å². The van der Waals surface area contributed by atoms with E-state index in [1.165, 1.54) is 5.56 Å². The molecule has 0 saturated heterocycles. The molecule has 1 N–H and O–H groups in total. The van der Waals surface area contributed by atoms with Crippen LogP contribution in [0.5, 0.6) is 0 Å². The maximum atomic E-state index is 12.9. The molecule has 0 spiro atoms. The third-order valence-corrected chi connectivity index (χ3v) is 5.43. The molecule has 5 rings (SSSR count). The van der Waals surface area contributed by atoms with Crippen LogP contribution in [-0.4, -0.2) is 38.7 Å².